The summed E-state index contributed by atoms with van der Waals surface area (Å²) in [5.74, 6) is 0.967. The van der Waals surface area contributed by atoms with Crippen molar-refractivity contribution in [2.24, 2.45) is 16.3 Å². The Morgan fingerprint density at radius 1 is 1.18 bits per heavy atom. The van der Waals surface area contributed by atoms with Gasteiger partial charge in [-0.3, -0.25) is 0 Å². The van der Waals surface area contributed by atoms with E-state index in [1.165, 1.54) is 12.1 Å². The van der Waals surface area contributed by atoms with Gasteiger partial charge in [0, 0.05) is 5.92 Å². The molecule has 0 saturated carbocycles. The van der Waals surface area contributed by atoms with Crippen LogP contribution in [0.15, 0.2) is 29.3 Å². The minimum absolute atomic E-state index is 0.0171. The Morgan fingerprint density at radius 2 is 1.77 bits per heavy atom. The molecule has 5 heteroatoms. The largest absolute Gasteiger partial charge is 0.478 e. The maximum absolute atomic E-state index is 12.5. The highest BCUT2D eigenvalue weighted by atomic mass is 19.4. The highest BCUT2D eigenvalue weighted by molar-refractivity contribution is 5.80. The molecular formula is C17H22F3NO. The number of hydrogen-bond acceptors (Lipinski definition) is 2. The van der Waals surface area contributed by atoms with Crippen molar-refractivity contribution in [2.45, 2.75) is 46.3 Å². The van der Waals surface area contributed by atoms with Gasteiger partial charge in [0.05, 0.1) is 11.6 Å². The molecule has 1 heterocycles. The zero-order chi connectivity index (χ0) is 16.5. The molecule has 0 aliphatic carbocycles. The van der Waals surface area contributed by atoms with Gasteiger partial charge in [0.2, 0.25) is 0 Å². The van der Waals surface area contributed by atoms with Crippen molar-refractivity contribution in [1.29, 1.82) is 0 Å². The Labute approximate surface area is 129 Å². The zero-order valence-corrected chi connectivity index (χ0v) is 13.4. The molecule has 0 amide bonds. The predicted octanol–water partition coefficient (Wildman–Crippen LogP) is 4.73. The van der Waals surface area contributed by atoms with E-state index < -0.39 is 11.7 Å². The molecule has 0 unspecified atom stereocenters. The van der Waals surface area contributed by atoms with Gasteiger partial charge in [0.15, 0.2) is 5.90 Å². The fourth-order valence-electron chi connectivity index (χ4n) is 2.25. The van der Waals surface area contributed by atoms with Crippen LogP contribution in [0.1, 0.15) is 38.8 Å². The van der Waals surface area contributed by atoms with Gasteiger partial charge in [-0.25, -0.2) is 4.99 Å². The van der Waals surface area contributed by atoms with Gasteiger partial charge in [-0.15, -0.1) is 0 Å². The van der Waals surface area contributed by atoms with E-state index in [0.29, 0.717) is 13.0 Å². The summed E-state index contributed by atoms with van der Waals surface area (Å²) < 4.78 is 43.3. The molecule has 1 aromatic carbocycles. The monoisotopic (exact) mass is 313 g/mol. The first-order valence-corrected chi connectivity index (χ1v) is 7.44. The van der Waals surface area contributed by atoms with Gasteiger partial charge in [-0.2, -0.15) is 13.2 Å². The third-order valence-electron chi connectivity index (χ3n) is 4.16. The molecule has 2 nitrogen and oxygen atoms in total. The summed E-state index contributed by atoms with van der Waals surface area (Å²) in [5.41, 5.74) is 0.293. The van der Waals surface area contributed by atoms with Gasteiger partial charge in [0.1, 0.15) is 6.61 Å². The highest BCUT2D eigenvalue weighted by Gasteiger charge is 2.32. The Hall–Kier alpha value is -1.52. The van der Waals surface area contributed by atoms with Crippen molar-refractivity contribution >= 4 is 5.90 Å². The van der Waals surface area contributed by atoms with Crippen LogP contribution in [0.25, 0.3) is 0 Å². The molecular weight excluding hydrogens is 291 g/mol. The Morgan fingerprint density at radius 3 is 2.27 bits per heavy atom. The number of benzene rings is 1. The first kappa shape index (κ1) is 16.8. The van der Waals surface area contributed by atoms with Gasteiger partial charge < -0.3 is 4.74 Å². The summed E-state index contributed by atoms with van der Waals surface area (Å²) in [6.45, 7) is 8.97. The summed E-state index contributed by atoms with van der Waals surface area (Å²) in [5, 5.41) is 0. The van der Waals surface area contributed by atoms with Crippen molar-refractivity contribution in [2.75, 3.05) is 6.61 Å². The van der Waals surface area contributed by atoms with Crippen LogP contribution in [-0.4, -0.2) is 18.5 Å². The fourth-order valence-corrected chi connectivity index (χ4v) is 2.25. The first-order valence-electron chi connectivity index (χ1n) is 7.44. The molecule has 2 rings (SSSR count). The van der Waals surface area contributed by atoms with E-state index in [1.54, 1.807) is 0 Å². The summed E-state index contributed by atoms with van der Waals surface area (Å²) in [7, 11) is 0. The van der Waals surface area contributed by atoms with E-state index in [4.69, 9.17) is 4.74 Å². The number of ether oxygens (including phenoxy) is 1. The van der Waals surface area contributed by atoms with E-state index in [-0.39, 0.29) is 17.4 Å². The van der Waals surface area contributed by atoms with Gasteiger partial charge in [0.25, 0.3) is 0 Å². The van der Waals surface area contributed by atoms with E-state index in [0.717, 1.165) is 23.6 Å². The smallest absolute Gasteiger partial charge is 0.416 e. The molecule has 0 radical (unpaired) electrons. The molecule has 1 aliphatic rings. The Bertz CT molecular complexity index is 541. The molecule has 0 aromatic heterocycles. The number of nitrogens with zero attached hydrogens (tertiary/aromatic N) is 1. The molecule has 0 fully saturated rings. The van der Waals surface area contributed by atoms with Crippen LogP contribution in [0.2, 0.25) is 0 Å². The van der Waals surface area contributed by atoms with Crippen molar-refractivity contribution in [3.05, 3.63) is 35.4 Å². The van der Waals surface area contributed by atoms with Gasteiger partial charge >= 0.3 is 6.18 Å². The SMILES string of the molecule is C[C@H](C1=N[C@@H](Cc2ccc(C(F)(F)F)cc2)CO1)C(C)(C)C. The number of alkyl halides is 3. The second-order valence-corrected chi connectivity index (χ2v) is 6.92. The van der Waals surface area contributed by atoms with Crippen molar-refractivity contribution < 1.29 is 17.9 Å². The normalized spacial score (nSPS) is 20.5. The van der Waals surface area contributed by atoms with Crippen LogP contribution in [0.5, 0.6) is 0 Å². The van der Waals surface area contributed by atoms with Gasteiger partial charge in [-0.1, -0.05) is 39.8 Å². The summed E-state index contributed by atoms with van der Waals surface area (Å²) in [6.07, 6.45) is -3.69. The lowest BCUT2D eigenvalue weighted by molar-refractivity contribution is -0.137. The molecule has 1 aromatic rings. The Balaban J connectivity index is 2.02. The molecule has 122 valence electrons. The number of halogens is 3. The third kappa shape index (κ3) is 4.02. The molecule has 0 saturated heterocycles. The summed E-state index contributed by atoms with van der Waals surface area (Å²) in [4.78, 5) is 4.59. The summed E-state index contributed by atoms with van der Waals surface area (Å²) in [6, 6.07) is 5.25. The van der Waals surface area contributed by atoms with Crippen LogP contribution in [-0.2, 0) is 17.3 Å². The molecule has 0 spiro atoms. The highest BCUT2D eigenvalue weighted by Crippen LogP contribution is 2.31. The minimum Gasteiger partial charge on any atom is -0.478 e. The maximum Gasteiger partial charge on any atom is 0.416 e. The van der Waals surface area contributed by atoms with Crippen LogP contribution < -0.4 is 0 Å². The van der Waals surface area contributed by atoms with Crippen LogP contribution in [0.3, 0.4) is 0 Å². The van der Waals surface area contributed by atoms with E-state index in [1.807, 2.05) is 0 Å². The number of rotatable bonds is 3. The predicted molar refractivity (Wildman–Crippen MR) is 80.9 cm³/mol. The number of hydrogen-bond donors (Lipinski definition) is 0. The van der Waals surface area contributed by atoms with Crippen LogP contribution >= 0.6 is 0 Å². The minimum atomic E-state index is -4.29. The fraction of sp³-hybridized carbons (Fsp3) is 0.588. The molecule has 0 N–H and O–H groups in total. The first-order chi connectivity index (χ1) is 10.1. The quantitative estimate of drug-likeness (QED) is 0.790. The second kappa shape index (κ2) is 5.94. The standard InChI is InChI=1S/C17H22F3NO/c1-11(16(2,3)4)15-21-14(10-22-15)9-12-5-7-13(8-6-12)17(18,19)20/h5-8,11,14H,9-10H2,1-4H3/t11-,14+/m1/s1. The Kier molecular flexibility index (Phi) is 4.54. The molecule has 2 atom stereocenters. The van der Waals surface area contributed by atoms with E-state index in [2.05, 4.69) is 32.7 Å². The van der Waals surface area contributed by atoms with Crippen molar-refractivity contribution in [3.8, 4) is 0 Å². The number of aliphatic imine (C=N–C) groups is 1. The second-order valence-electron chi connectivity index (χ2n) is 6.92. The third-order valence-corrected chi connectivity index (χ3v) is 4.16. The van der Waals surface area contributed by atoms with Crippen molar-refractivity contribution in [1.82, 2.24) is 0 Å². The van der Waals surface area contributed by atoms with Gasteiger partial charge in [-0.05, 0) is 29.5 Å². The van der Waals surface area contributed by atoms with Crippen molar-refractivity contribution in [3.63, 3.8) is 0 Å². The molecule has 22 heavy (non-hydrogen) atoms. The molecule has 1 aliphatic heterocycles. The molecule has 0 bridgehead atoms. The topological polar surface area (TPSA) is 21.6 Å². The van der Waals surface area contributed by atoms with E-state index >= 15 is 0 Å². The zero-order valence-electron chi connectivity index (χ0n) is 13.4. The van der Waals surface area contributed by atoms with E-state index in [9.17, 15) is 13.2 Å². The average Bonchev–Trinajstić information content (AvgIpc) is 2.84. The lowest BCUT2D eigenvalue weighted by atomic mass is 9.82. The average molecular weight is 313 g/mol. The van der Waals surface area contributed by atoms with Crippen LogP contribution in [0.4, 0.5) is 13.2 Å². The lowest BCUT2D eigenvalue weighted by Gasteiger charge is -2.26. The summed E-state index contributed by atoms with van der Waals surface area (Å²) >= 11 is 0. The maximum atomic E-state index is 12.5. The van der Waals surface area contributed by atoms with Crippen LogP contribution in [0, 0.1) is 11.3 Å². The lowest BCUT2D eigenvalue weighted by Crippen LogP contribution is -2.25.